The fourth-order valence-corrected chi connectivity index (χ4v) is 4.96. The highest BCUT2D eigenvalue weighted by Gasteiger charge is 2.27. The fraction of sp³-hybridized carbons (Fsp3) is 0.944. The summed E-state index contributed by atoms with van der Waals surface area (Å²) in [6, 6.07) is 0. The first-order chi connectivity index (χ1) is 11.1. The second-order valence-electron chi connectivity index (χ2n) is 7.44. The summed E-state index contributed by atoms with van der Waals surface area (Å²) in [5, 5.41) is 0. The highest BCUT2D eigenvalue weighted by atomic mass is 32.7. The van der Waals surface area contributed by atoms with Crippen LogP contribution in [0, 0.1) is 11.3 Å². The van der Waals surface area contributed by atoms with Gasteiger partial charge in [-0.15, -0.1) is 0 Å². The van der Waals surface area contributed by atoms with Gasteiger partial charge < -0.3 is 9.05 Å². The number of unbranched alkanes of at least 4 members (excludes halogenated alkanes) is 2. The number of Topliss-reactive ketones (excluding diaryl/α,β-unsaturated/α-hetero) is 1. The Bertz CT molecular complexity index is 379. The summed E-state index contributed by atoms with van der Waals surface area (Å²) in [5.41, 5.74) is 0.204. The molecular formula is C18H37O4PS. The molecule has 144 valence electrons. The van der Waals surface area contributed by atoms with Gasteiger partial charge in [-0.05, 0) is 42.0 Å². The van der Waals surface area contributed by atoms with Crippen LogP contribution in [0.3, 0.4) is 0 Å². The van der Waals surface area contributed by atoms with E-state index in [-0.39, 0.29) is 17.0 Å². The van der Waals surface area contributed by atoms with Gasteiger partial charge in [-0.25, -0.2) is 4.57 Å². The average Bonchev–Trinajstić information content (AvgIpc) is 2.50. The zero-order chi connectivity index (χ0) is 18.6. The highest BCUT2D eigenvalue weighted by Crippen LogP contribution is 2.60. The summed E-state index contributed by atoms with van der Waals surface area (Å²) in [6.45, 7) is 10.5. The van der Waals surface area contributed by atoms with E-state index in [1.165, 1.54) is 0 Å². The molecule has 0 aromatic carbocycles. The van der Waals surface area contributed by atoms with Crippen LogP contribution in [0.5, 0.6) is 0 Å². The highest BCUT2D eigenvalue weighted by molar-refractivity contribution is 8.55. The molecule has 0 amide bonds. The van der Waals surface area contributed by atoms with Gasteiger partial charge in [-0.3, -0.25) is 4.79 Å². The molecule has 0 aliphatic carbocycles. The van der Waals surface area contributed by atoms with Crippen molar-refractivity contribution in [1.29, 1.82) is 0 Å². The number of carbonyl (C=O) groups excluding carboxylic acids is 1. The van der Waals surface area contributed by atoms with Gasteiger partial charge in [0.05, 0.1) is 19.0 Å². The summed E-state index contributed by atoms with van der Waals surface area (Å²) in [6.07, 6.45) is 5.03. The molecule has 0 aromatic rings. The van der Waals surface area contributed by atoms with Gasteiger partial charge in [0.1, 0.15) is 5.78 Å². The molecule has 1 atom stereocenters. The minimum Gasteiger partial charge on any atom is -0.301 e. The third-order valence-corrected chi connectivity index (χ3v) is 7.95. The normalized spacial score (nSPS) is 13.9. The summed E-state index contributed by atoms with van der Waals surface area (Å²) in [5.74, 6) is 0.793. The smallest absolute Gasteiger partial charge is 0.301 e. The Labute approximate surface area is 153 Å². The number of ketones is 1. The molecule has 0 aromatic heterocycles. The fourth-order valence-electron chi connectivity index (χ4n) is 1.79. The van der Waals surface area contributed by atoms with Crippen LogP contribution >= 0.6 is 18.2 Å². The Morgan fingerprint density at radius 3 is 2.00 bits per heavy atom. The van der Waals surface area contributed by atoms with Crippen molar-refractivity contribution in [2.45, 2.75) is 80.1 Å². The molecule has 24 heavy (non-hydrogen) atoms. The Morgan fingerprint density at radius 2 is 1.58 bits per heavy atom. The SMILES string of the molecule is CCCCOP(=O)(OCCCC)SCC(=O)CCC(C)C(C)(C)C. The molecule has 0 N–H and O–H groups in total. The standard InChI is InChI=1S/C18H37O4PS/c1-7-9-13-21-23(20,22-14-10-8-2)24-15-17(19)12-11-16(3)18(4,5)6/h16H,7-15H2,1-6H3. The molecule has 0 rings (SSSR count). The van der Waals surface area contributed by atoms with Gasteiger partial charge in [0.2, 0.25) is 0 Å². The van der Waals surface area contributed by atoms with Crippen LogP contribution in [-0.4, -0.2) is 24.7 Å². The molecule has 0 saturated heterocycles. The van der Waals surface area contributed by atoms with Crippen molar-refractivity contribution >= 4 is 24.0 Å². The van der Waals surface area contributed by atoms with Crippen molar-refractivity contribution < 1.29 is 18.4 Å². The molecule has 6 heteroatoms. The lowest BCUT2D eigenvalue weighted by Crippen LogP contribution is -2.18. The van der Waals surface area contributed by atoms with Crippen molar-refractivity contribution in [3.8, 4) is 0 Å². The van der Waals surface area contributed by atoms with Crippen LogP contribution in [-0.2, 0) is 18.4 Å². The first-order valence-corrected chi connectivity index (χ1v) is 12.3. The lowest BCUT2D eigenvalue weighted by molar-refractivity contribution is -0.117. The molecule has 0 radical (unpaired) electrons. The van der Waals surface area contributed by atoms with E-state index in [1.807, 2.05) is 0 Å². The van der Waals surface area contributed by atoms with Gasteiger partial charge in [-0.2, -0.15) is 0 Å². The Balaban J connectivity index is 4.36. The first kappa shape index (κ1) is 24.2. The van der Waals surface area contributed by atoms with Gasteiger partial charge in [0.15, 0.2) is 0 Å². The quantitative estimate of drug-likeness (QED) is 0.254. The van der Waals surface area contributed by atoms with E-state index in [0.717, 1.165) is 43.5 Å². The average molecular weight is 381 g/mol. The van der Waals surface area contributed by atoms with Crippen LogP contribution in [0.1, 0.15) is 80.1 Å². The Hall–Kier alpha value is 0.170. The lowest BCUT2D eigenvalue weighted by atomic mass is 9.79. The van der Waals surface area contributed by atoms with Crippen LogP contribution in [0.25, 0.3) is 0 Å². The predicted molar refractivity (Wildman–Crippen MR) is 105 cm³/mol. The molecule has 0 spiro atoms. The minimum atomic E-state index is -3.22. The maximum Gasteiger partial charge on any atom is 0.389 e. The Morgan fingerprint density at radius 1 is 1.08 bits per heavy atom. The number of hydrogen-bond donors (Lipinski definition) is 0. The monoisotopic (exact) mass is 380 g/mol. The number of hydrogen-bond acceptors (Lipinski definition) is 5. The zero-order valence-electron chi connectivity index (χ0n) is 16.4. The molecule has 0 fully saturated rings. The van der Waals surface area contributed by atoms with Crippen molar-refractivity contribution in [1.82, 2.24) is 0 Å². The maximum absolute atomic E-state index is 12.7. The van der Waals surface area contributed by atoms with E-state index in [1.54, 1.807) is 0 Å². The Kier molecular flexibility index (Phi) is 12.6. The zero-order valence-corrected chi connectivity index (χ0v) is 18.1. The van der Waals surface area contributed by atoms with Crippen molar-refractivity contribution in [2.24, 2.45) is 11.3 Å². The molecule has 0 aliphatic rings. The molecule has 0 aliphatic heterocycles. The number of carbonyl (C=O) groups is 1. The minimum absolute atomic E-state index is 0.120. The molecule has 0 bridgehead atoms. The van der Waals surface area contributed by atoms with Crippen LogP contribution in [0.15, 0.2) is 0 Å². The summed E-state index contributed by atoms with van der Waals surface area (Å²) in [4.78, 5) is 12.1. The molecule has 0 saturated carbocycles. The second kappa shape index (κ2) is 12.5. The van der Waals surface area contributed by atoms with Gasteiger partial charge in [0.25, 0.3) is 0 Å². The van der Waals surface area contributed by atoms with E-state index in [4.69, 9.17) is 9.05 Å². The van der Waals surface area contributed by atoms with E-state index in [0.29, 0.717) is 25.6 Å². The van der Waals surface area contributed by atoms with E-state index in [9.17, 15) is 9.36 Å². The summed E-state index contributed by atoms with van der Waals surface area (Å²) < 4.78 is 23.7. The van der Waals surface area contributed by atoms with Crippen LogP contribution in [0.2, 0.25) is 0 Å². The second-order valence-corrected chi connectivity index (χ2v) is 11.5. The number of rotatable bonds is 14. The van der Waals surface area contributed by atoms with Crippen molar-refractivity contribution in [3.05, 3.63) is 0 Å². The van der Waals surface area contributed by atoms with E-state index in [2.05, 4.69) is 41.5 Å². The molecule has 0 heterocycles. The van der Waals surface area contributed by atoms with Crippen molar-refractivity contribution in [3.63, 3.8) is 0 Å². The topological polar surface area (TPSA) is 52.6 Å². The largest absolute Gasteiger partial charge is 0.389 e. The molecule has 4 nitrogen and oxygen atoms in total. The lowest BCUT2D eigenvalue weighted by Gasteiger charge is -2.27. The summed E-state index contributed by atoms with van der Waals surface area (Å²) >= 11 is 1.05. The first-order valence-electron chi connectivity index (χ1n) is 9.20. The van der Waals surface area contributed by atoms with Gasteiger partial charge in [-0.1, -0.05) is 54.4 Å². The predicted octanol–water partition coefficient (Wildman–Crippen LogP) is 6.49. The molecule has 1 unspecified atom stereocenters. The third-order valence-electron chi connectivity index (χ3n) is 4.21. The van der Waals surface area contributed by atoms with Gasteiger partial charge >= 0.3 is 6.80 Å². The van der Waals surface area contributed by atoms with E-state index >= 15 is 0 Å². The summed E-state index contributed by atoms with van der Waals surface area (Å²) in [7, 11) is 0. The maximum atomic E-state index is 12.7. The van der Waals surface area contributed by atoms with Crippen molar-refractivity contribution in [2.75, 3.05) is 19.0 Å². The van der Waals surface area contributed by atoms with Gasteiger partial charge in [0, 0.05) is 6.42 Å². The molecular weight excluding hydrogens is 343 g/mol. The van der Waals surface area contributed by atoms with E-state index < -0.39 is 6.80 Å². The van der Waals surface area contributed by atoms with Crippen LogP contribution < -0.4 is 0 Å². The van der Waals surface area contributed by atoms with Crippen LogP contribution in [0.4, 0.5) is 0 Å². The third kappa shape index (κ3) is 11.7.